The van der Waals surface area contributed by atoms with Crippen LogP contribution in [0.4, 0.5) is 9.05 Å². The Balaban J connectivity index is 0.000000110. The van der Waals surface area contributed by atoms with Gasteiger partial charge in [0.25, 0.3) is 0 Å². The van der Waals surface area contributed by atoms with Crippen molar-refractivity contribution in [3.8, 4) is 0 Å². The zero-order chi connectivity index (χ0) is 5.54. The predicted octanol–water partition coefficient (Wildman–Crippen LogP) is 1.18. The third-order valence-corrected chi connectivity index (χ3v) is 0.577. The first-order chi connectivity index (χ1) is 3.41. The Bertz CT molecular complexity index is 26.1. The fourth-order valence-electron chi connectivity index (χ4n) is 0.144. The highest BCUT2D eigenvalue weighted by Gasteiger charge is 1.94. The van der Waals surface area contributed by atoms with Gasteiger partial charge in [-0.3, -0.25) is 0 Å². The van der Waals surface area contributed by atoms with Gasteiger partial charge in [0.05, 0.1) is 0 Å². The third kappa shape index (κ3) is 5.78. The second-order valence-electron chi connectivity index (χ2n) is 1.02. The van der Waals surface area contributed by atoms with E-state index in [2.05, 4.69) is 0 Å². The average Bonchev–Trinajstić information content (AvgIpc) is 1.27. The summed E-state index contributed by atoms with van der Waals surface area (Å²) in [6.07, 6.45) is 1.28. The molecule has 1 saturated heterocycles. The second kappa shape index (κ2) is 5.78. The van der Waals surface area contributed by atoms with E-state index >= 15 is 0 Å². The smallest absolute Gasteiger partial charge is 0.0488 e. The average molecular weight is 112 g/mol. The van der Waals surface area contributed by atoms with Gasteiger partial charge in [0.2, 0.25) is 0 Å². The van der Waals surface area contributed by atoms with E-state index < -0.39 is 0 Å². The van der Waals surface area contributed by atoms with Crippen LogP contribution in [0.2, 0.25) is 0 Å². The predicted molar refractivity (Wildman–Crippen MR) is 18.7 cm³/mol. The Kier molecular flexibility index (Phi) is 5.60. The topological polar surface area (TPSA) is 18.5 Å². The number of hydrogen-bond donors (Lipinski definition) is 0. The molecule has 4 heteroatoms. The van der Waals surface area contributed by atoms with Crippen LogP contribution in [-0.2, 0) is 9.88 Å². The van der Waals surface area contributed by atoms with Crippen molar-refractivity contribution in [2.24, 2.45) is 0 Å². The van der Waals surface area contributed by atoms with Gasteiger partial charge >= 0.3 is 0 Å². The van der Waals surface area contributed by atoms with Crippen molar-refractivity contribution in [1.82, 2.24) is 0 Å². The Morgan fingerprint density at radius 1 is 1.29 bits per heavy atom. The Hall–Kier alpha value is -0.220. The molecule has 1 rings (SSSR count). The first-order valence-electron chi connectivity index (χ1n) is 1.89. The molecule has 0 aromatic heterocycles. The highest BCUT2D eigenvalue weighted by molar-refractivity contribution is 4.41. The lowest BCUT2D eigenvalue weighted by atomic mass is 10.4. The summed E-state index contributed by atoms with van der Waals surface area (Å²) in [5, 5.41) is 1.25. The number of hydrogen-bond acceptors (Lipinski definition) is 2. The van der Waals surface area contributed by atoms with E-state index in [-0.39, 0.29) is 0 Å². The molecule has 1 aliphatic heterocycles. The van der Waals surface area contributed by atoms with Crippen molar-refractivity contribution in [1.29, 1.82) is 0 Å². The van der Waals surface area contributed by atoms with Gasteiger partial charge in [-0.1, -0.05) is 0 Å². The van der Waals surface area contributed by atoms with Gasteiger partial charge in [-0.15, -0.1) is 0 Å². The van der Waals surface area contributed by atoms with Crippen LogP contribution < -0.4 is 0 Å². The zero-order valence-corrected chi connectivity index (χ0v) is 3.69. The van der Waals surface area contributed by atoms with Gasteiger partial charge in [-0.25, -0.2) is 0 Å². The molecule has 0 aliphatic carbocycles. The van der Waals surface area contributed by atoms with Crippen LogP contribution in [0.3, 0.4) is 0 Å². The molecule has 0 aromatic carbocycles. The molecule has 0 amide bonds. The lowest BCUT2D eigenvalue weighted by Crippen LogP contribution is -2.09. The summed E-state index contributed by atoms with van der Waals surface area (Å²) in [7, 11) is 0. The van der Waals surface area contributed by atoms with E-state index in [1.54, 1.807) is 0 Å². The zero-order valence-electron chi connectivity index (χ0n) is 3.69. The van der Waals surface area contributed by atoms with E-state index in [1.165, 1.54) is 11.6 Å². The summed E-state index contributed by atoms with van der Waals surface area (Å²) in [6, 6.07) is 0. The molecule has 7 heavy (non-hydrogen) atoms. The van der Waals surface area contributed by atoms with E-state index in [1.807, 2.05) is 0 Å². The third-order valence-electron chi connectivity index (χ3n) is 0.577. The lowest BCUT2D eigenvalue weighted by molar-refractivity contribution is -0.317. The van der Waals surface area contributed by atoms with Gasteiger partial charge < -0.3 is 4.74 Å². The first-order valence-corrected chi connectivity index (χ1v) is 1.89. The van der Waals surface area contributed by atoms with Crippen LogP contribution >= 0.6 is 0 Å². The van der Waals surface area contributed by atoms with E-state index in [0.29, 0.717) is 0 Å². The maximum absolute atomic E-state index is 9.12. The molecule has 2 nitrogen and oxygen atoms in total. The molecule has 1 heterocycles. The summed E-state index contributed by atoms with van der Waals surface area (Å²) in [5.41, 5.74) is 0. The van der Waals surface area contributed by atoms with E-state index in [0.717, 1.165) is 13.2 Å². The summed E-state index contributed by atoms with van der Waals surface area (Å²) < 4.78 is 23.0. The van der Waals surface area contributed by atoms with Crippen molar-refractivity contribution in [3.05, 3.63) is 0 Å². The van der Waals surface area contributed by atoms with Gasteiger partial charge in [0.15, 0.2) is 0 Å². The number of halogens is 2. The standard InChI is InChI=1S/C3H6O.F2O/c1-2-4-3-1;1-3-2/h1-3H2;. The molecule has 0 spiro atoms. The van der Waals surface area contributed by atoms with Crippen LogP contribution in [0.15, 0.2) is 0 Å². The van der Waals surface area contributed by atoms with Gasteiger partial charge in [-0.05, 0) is 15.5 Å². The van der Waals surface area contributed by atoms with Crippen molar-refractivity contribution in [2.75, 3.05) is 13.2 Å². The van der Waals surface area contributed by atoms with Crippen molar-refractivity contribution >= 4 is 0 Å². The lowest BCUT2D eigenvalue weighted by Gasteiger charge is -2.09. The van der Waals surface area contributed by atoms with Crippen LogP contribution in [0.5, 0.6) is 0 Å². The summed E-state index contributed by atoms with van der Waals surface area (Å²) in [4.78, 5) is 0. The molecule has 0 N–H and O–H groups in total. The molecule has 0 atom stereocenters. The van der Waals surface area contributed by atoms with E-state index in [9.17, 15) is 0 Å². The van der Waals surface area contributed by atoms with Crippen molar-refractivity contribution < 1.29 is 18.9 Å². The molecule has 0 aromatic rings. The van der Waals surface area contributed by atoms with Crippen LogP contribution in [-0.4, -0.2) is 13.2 Å². The van der Waals surface area contributed by atoms with Crippen LogP contribution in [0, 0.1) is 0 Å². The fourth-order valence-corrected chi connectivity index (χ4v) is 0.144. The molecule has 44 valence electrons. The minimum atomic E-state index is 1.00. The second-order valence-corrected chi connectivity index (χ2v) is 1.02. The molecular formula is C3H6F2O2. The summed E-state index contributed by atoms with van der Waals surface area (Å²) in [6.45, 7) is 2.00. The molecule has 0 bridgehead atoms. The SMILES string of the molecule is C1COC1.FOF. The fraction of sp³-hybridized carbons (Fsp3) is 1.00. The largest absolute Gasteiger partial charge is 0.381 e. The van der Waals surface area contributed by atoms with Crippen molar-refractivity contribution in [3.63, 3.8) is 0 Å². The molecule has 0 unspecified atom stereocenters. The summed E-state index contributed by atoms with van der Waals surface area (Å²) >= 11 is 0. The maximum Gasteiger partial charge on any atom is 0.0488 e. The van der Waals surface area contributed by atoms with Gasteiger partial charge in [0, 0.05) is 18.4 Å². The monoisotopic (exact) mass is 112 g/mol. The summed E-state index contributed by atoms with van der Waals surface area (Å²) in [5.74, 6) is 0. The minimum absolute atomic E-state index is 1.00. The number of rotatable bonds is 0. The molecule has 1 fully saturated rings. The highest BCUT2D eigenvalue weighted by atomic mass is 19.6. The normalized spacial score (nSPS) is 16.3. The van der Waals surface area contributed by atoms with Crippen LogP contribution in [0.1, 0.15) is 6.42 Å². The Morgan fingerprint density at radius 2 is 1.43 bits per heavy atom. The minimum Gasteiger partial charge on any atom is -0.381 e. The number of ether oxygens (including phenoxy) is 1. The molecule has 0 saturated carbocycles. The molecule has 1 aliphatic rings. The van der Waals surface area contributed by atoms with Crippen molar-refractivity contribution in [2.45, 2.75) is 6.42 Å². The Morgan fingerprint density at radius 3 is 1.43 bits per heavy atom. The van der Waals surface area contributed by atoms with Crippen LogP contribution in [0.25, 0.3) is 0 Å². The Labute approximate surface area is 39.8 Å². The van der Waals surface area contributed by atoms with Gasteiger partial charge in [0.1, 0.15) is 0 Å². The molecular weight excluding hydrogens is 106 g/mol. The molecule has 0 radical (unpaired) electrons. The van der Waals surface area contributed by atoms with Gasteiger partial charge in [-0.2, -0.15) is 0 Å². The quantitative estimate of drug-likeness (QED) is 0.468. The highest BCUT2D eigenvalue weighted by Crippen LogP contribution is 1.93. The first kappa shape index (κ1) is 6.78. The maximum atomic E-state index is 9.12. The van der Waals surface area contributed by atoms with E-state index in [4.69, 9.17) is 13.8 Å².